The zero-order valence-electron chi connectivity index (χ0n) is 45.8. The van der Waals surface area contributed by atoms with Gasteiger partial charge >= 0.3 is 5.69 Å². The first kappa shape index (κ1) is 54.8. The first-order valence-corrected chi connectivity index (χ1v) is 29.2. The number of sulfonamides is 1. The van der Waals surface area contributed by atoms with Gasteiger partial charge in [0, 0.05) is 99.7 Å². The molecule has 1 unspecified atom stereocenters. The van der Waals surface area contributed by atoms with Crippen molar-refractivity contribution in [1.82, 2.24) is 34.5 Å². The summed E-state index contributed by atoms with van der Waals surface area (Å²) < 4.78 is 63.0. The van der Waals surface area contributed by atoms with E-state index in [1.165, 1.54) is 30.4 Å². The van der Waals surface area contributed by atoms with Gasteiger partial charge < -0.3 is 39.8 Å². The number of piperazine rings is 1. The van der Waals surface area contributed by atoms with Gasteiger partial charge in [-0.15, -0.1) is 0 Å². The summed E-state index contributed by atoms with van der Waals surface area (Å²) in [5.41, 5.74) is 3.45. The number of methoxy groups -OCH3 is 1. The number of hydrogen-bond acceptors (Lipinski definition) is 17. The van der Waals surface area contributed by atoms with Crippen LogP contribution in [0.3, 0.4) is 0 Å². The molecule has 5 N–H and O–H groups in total. The molecule has 2 saturated carbocycles. The molecule has 20 nitrogen and oxygen atoms in total. The van der Waals surface area contributed by atoms with Gasteiger partial charge in [0.15, 0.2) is 17.3 Å². The van der Waals surface area contributed by atoms with Crippen LogP contribution in [0.1, 0.15) is 118 Å². The summed E-state index contributed by atoms with van der Waals surface area (Å²) in [5.74, 6) is 0.255. The monoisotopic (exact) mass is 1120 g/mol. The lowest BCUT2D eigenvalue weighted by molar-refractivity contribution is -0.384. The number of amides is 1. The van der Waals surface area contributed by atoms with Crippen molar-refractivity contribution in [2.24, 2.45) is 11.3 Å². The van der Waals surface area contributed by atoms with Gasteiger partial charge in [0.1, 0.15) is 28.7 Å². The molecule has 1 amide bonds. The van der Waals surface area contributed by atoms with Crippen LogP contribution in [0.2, 0.25) is 0 Å². The molecule has 6 aromatic rings. The Hall–Kier alpha value is -7.14. The van der Waals surface area contributed by atoms with Gasteiger partial charge in [0.25, 0.3) is 21.8 Å². The number of aliphatic hydroxyl groups is 1. The largest absolute Gasteiger partial charge is 0.487 e. The van der Waals surface area contributed by atoms with Crippen molar-refractivity contribution in [3.63, 3.8) is 0 Å². The Morgan fingerprint density at radius 3 is 2.55 bits per heavy atom. The third kappa shape index (κ3) is 11.3. The highest BCUT2D eigenvalue weighted by Crippen LogP contribution is 2.54. The van der Waals surface area contributed by atoms with Crippen LogP contribution < -0.4 is 34.5 Å². The smallest absolute Gasteiger partial charge is 0.312 e. The van der Waals surface area contributed by atoms with E-state index in [1.807, 2.05) is 6.20 Å². The molecule has 0 radical (unpaired) electrons. The Morgan fingerprint density at radius 2 is 1.80 bits per heavy atom. The first-order chi connectivity index (χ1) is 38.3. The van der Waals surface area contributed by atoms with Crippen molar-refractivity contribution < 1.29 is 41.8 Å². The number of piperidine rings is 1. The molecular formula is C58H70FN11O9S. The highest BCUT2D eigenvalue weighted by molar-refractivity contribution is 7.90. The van der Waals surface area contributed by atoms with Crippen molar-refractivity contribution >= 4 is 50.0 Å². The minimum absolute atomic E-state index is 0.0175. The number of fused-ring (bicyclic) bond motifs is 2. The van der Waals surface area contributed by atoms with Crippen LogP contribution in [-0.4, -0.2) is 125 Å². The molecule has 0 bridgehead atoms. The maximum Gasteiger partial charge on any atom is 0.312 e. The van der Waals surface area contributed by atoms with Crippen LogP contribution in [0.25, 0.3) is 11.0 Å². The van der Waals surface area contributed by atoms with Crippen LogP contribution in [0, 0.1) is 27.3 Å². The van der Waals surface area contributed by atoms with Crippen molar-refractivity contribution in [3.8, 4) is 23.1 Å². The van der Waals surface area contributed by atoms with Crippen LogP contribution in [0.15, 0.2) is 84.1 Å². The Morgan fingerprint density at radius 1 is 1.02 bits per heavy atom. The van der Waals surface area contributed by atoms with E-state index in [4.69, 9.17) is 14.2 Å². The maximum absolute atomic E-state index is 15.0. The fourth-order valence-corrected chi connectivity index (χ4v) is 13.5. The molecule has 22 heteroatoms. The molecule has 4 fully saturated rings. The topological polar surface area (TPSA) is 243 Å². The number of halogens is 1. The van der Waals surface area contributed by atoms with Gasteiger partial charge in [-0.1, -0.05) is 38.1 Å². The molecule has 7 heterocycles. The van der Waals surface area contributed by atoms with Crippen LogP contribution in [-0.2, 0) is 16.6 Å². The summed E-state index contributed by atoms with van der Waals surface area (Å²) in [6, 6.07) is 18.9. The summed E-state index contributed by atoms with van der Waals surface area (Å²) in [6.07, 6.45) is 10.6. The number of carbonyl (C=O) groups excluding carboxylic acids is 1. The van der Waals surface area contributed by atoms with E-state index in [1.54, 1.807) is 19.1 Å². The first-order valence-electron chi connectivity index (χ1n) is 27.8. The molecule has 80 heavy (non-hydrogen) atoms. The van der Waals surface area contributed by atoms with E-state index in [2.05, 4.69) is 101 Å². The standard InChI is InChI=1S/C58H70FN11O9S/c1-35(2)42-8-6-7-9-43(42)48-33-67(32-38-14-19-60-54-51(38)78-34-36(3)64-54)22-23-69(48)40-27-58(28-40)17-20-68(21-18-58)39-10-11-44(49(24-39)79-50-26-45-46(59)31-63-52(45)65-56(50)77-5)55(71)66-80(75,76)41-25-47(70(73)74)53(62-30-41)61-29-37-12-15-57(4,72)16-13-37/h6-11,14,19,24-26,30-31,35-37,40,48,72H,12-13,15-18,20-23,27-29,32-34H2,1-5H3,(H,60,64)(H,61,62)(H,63,65)(H,66,71)/t36?,37?,48-,57?/m0/s1. The van der Waals surface area contributed by atoms with E-state index in [0.717, 1.165) is 106 Å². The van der Waals surface area contributed by atoms with Crippen LogP contribution in [0.5, 0.6) is 23.1 Å². The highest BCUT2D eigenvalue weighted by Gasteiger charge is 2.50. The molecule has 4 aromatic heterocycles. The molecule has 2 saturated heterocycles. The number of carbonyl (C=O) groups is 1. The van der Waals surface area contributed by atoms with Gasteiger partial charge in [-0.2, -0.15) is 4.98 Å². The summed E-state index contributed by atoms with van der Waals surface area (Å²) in [5, 5.41) is 29.2. The third-order valence-corrected chi connectivity index (χ3v) is 18.5. The van der Waals surface area contributed by atoms with Crippen molar-refractivity contribution in [2.45, 2.75) is 120 Å². The number of anilines is 3. The van der Waals surface area contributed by atoms with E-state index >= 15 is 0 Å². The molecule has 424 valence electrons. The van der Waals surface area contributed by atoms with Crippen molar-refractivity contribution in [1.29, 1.82) is 0 Å². The SMILES string of the molecule is COc1nc2[nH]cc(F)c2cc1Oc1cc(N2CCC3(CC2)CC(N2CCN(Cc4ccnc5c4OCC(C)N5)C[C@H]2c2ccccc2C(C)C)C3)ccc1C(=O)NS(=O)(=O)c1cnc(NCC2CCC(C)(O)CC2)c([N+](=O)[O-])c1. The average Bonchev–Trinajstić information content (AvgIpc) is 3.85. The molecule has 2 aromatic carbocycles. The van der Waals surface area contributed by atoms with Crippen molar-refractivity contribution in [3.05, 3.63) is 117 Å². The van der Waals surface area contributed by atoms with Gasteiger partial charge in [0.05, 0.1) is 40.8 Å². The predicted molar refractivity (Wildman–Crippen MR) is 301 cm³/mol. The molecule has 11 rings (SSSR count). The lowest BCUT2D eigenvalue weighted by Gasteiger charge is -2.58. The number of H-pyrrole nitrogens is 1. The predicted octanol–water partition coefficient (Wildman–Crippen LogP) is 9.30. The number of aromatic amines is 1. The second-order valence-corrected chi connectivity index (χ2v) is 24.9. The number of ether oxygens (including phenoxy) is 3. The van der Waals surface area contributed by atoms with Crippen LogP contribution in [0.4, 0.5) is 27.4 Å². The second-order valence-electron chi connectivity index (χ2n) is 23.2. The fraction of sp³-hybridized carbons (Fsp3) is 0.483. The van der Waals surface area contributed by atoms with Gasteiger partial charge in [-0.25, -0.2) is 27.5 Å². The van der Waals surface area contributed by atoms with Crippen molar-refractivity contribution in [2.75, 3.05) is 68.5 Å². The Bertz CT molecular complexity index is 3410. The molecule has 1 spiro atoms. The molecule has 3 aliphatic heterocycles. The normalized spacial score (nSPS) is 22.5. The molecule has 5 aliphatic rings. The molecular weight excluding hydrogens is 1050 g/mol. The van der Waals surface area contributed by atoms with Crippen LogP contribution >= 0.6 is 0 Å². The summed E-state index contributed by atoms with van der Waals surface area (Å²) in [6.45, 7) is 14.3. The number of hydrogen-bond donors (Lipinski definition) is 5. The number of aromatic nitrogens is 4. The zero-order chi connectivity index (χ0) is 56.1. The number of nitro groups is 1. The highest BCUT2D eigenvalue weighted by atomic mass is 32.2. The van der Waals surface area contributed by atoms with Gasteiger partial charge in [0.2, 0.25) is 5.82 Å². The summed E-state index contributed by atoms with van der Waals surface area (Å²) in [4.78, 5) is 48.5. The minimum atomic E-state index is -4.75. The Balaban J connectivity index is 0.802. The minimum Gasteiger partial charge on any atom is -0.487 e. The summed E-state index contributed by atoms with van der Waals surface area (Å²) >= 11 is 0. The Kier molecular flexibility index (Phi) is 15.1. The number of benzene rings is 2. The lowest BCUT2D eigenvalue weighted by Crippen LogP contribution is -2.60. The summed E-state index contributed by atoms with van der Waals surface area (Å²) in [7, 11) is -3.38. The third-order valence-electron chi connectivity index (χ3n) is 17.2. The maximum atomic E-state index is 15.0. The average molecular weight is 1120 g/mol. The second kappa shape index (κ2) is 22.1. The van der Waals surface area contributed by atoms with E-state index in [9.17, 15) is 32.8 Å². The van der Waals surface area contributed by atoms with E-state index in [0.29, 0.717) is 50.8 Å². The fourth-order valence-electron chi connectivity index (χ4n) is 12.6. The zero-order valence-corrected chi connectivity index (χ0v) is 46.7. The Labute approximate surface area is 465 Å². The van der Waals surface area contributed by atoms with Gasteiger partial charge in [-0.3, -0.25) is 24.7 Å². The number of pyridine rings is 3. The number of rotatable bonds is 16. The van der Waals surface area contributed by atoms with E-state index in [-0.39, 0.29) is 63.2 Å². The quantitative estimate of drug-likeness (QED) is 0.0448. The number of nitrogens with one attached hydrogen (secondary N) is 4. The lowest BCUT2D eigenvalue weighted by atomic mass is 9.59. The molecule has 2 aliphatic carbocycles. The van der Waals surface area contributed by atoms with Gasteiger partial charge in [-0.05, 0) is 112 Å². The van der Waals surface area contributed by atoms with E-state index < -0.39 is 42.9 Å². The number of nitrogens with zero attached hydrogens (tertiary/aromatic N) is 7. The molecule has 2 atom stereocenters.